The lowest BCUT2D eigenvalue weighted by Crippen LogP contribution is -2.38. The van der Waals surface area contributed by atoms with Gasteiger partial charge >= 0.3 is 0 Å². The number of aromatic nitrogens is 1. The molecule has 4 N–H and O–H groups in total. The maximum Gasteiger partial charge on any atom is 0.220 e. The largest absolute Gasteiger partial charge is 0.493 e. The van der Waals surface area contributed by atoms with Crippen molar-refractivity contribution in [2.45, 2.75) is 56.8 Å². The molecule has 1 aromatic heterocycles. The number of halogens is 2. The molecule has 11 heteroatoms. The van der Waals surface area contributed by atoms with Gasteiger partial charge in [-0.3, -0.25) is 9.59 Å². The van der Waals surface area contributed by atoms with Crippen molar-refractivity contribution in [3.63, 3.8) is 0 Å². The lowest BCUT2D eigenvalue weighted by atomic mass is 9.94. The van der Waals surface area contributed by atoms with Crippen LogP contribution in [0.15, 0.2) is 66.7 Å². The Labute approximate surface area is 296 Å². The average molecular weight is 701 g/mol. The molecule has 3 aromatic carbocycles. The molecule has 0 unspecified atom stereocenters. The number of nitrogens with zero attached hydrogens (tertiary/aromatic N) is 1. The Balaban J connectivity index is 1.10. The molecule has 0 aliphatic carbocycles. The summed E-state index contributed by atoms with van der Waals surface area (Å²) in [6.45, 7) is 2.59. The van der Waals surface area contributed by atoms with Gasteiger partial charge in [-0.1, -0.05) is 77.8 Å². The third-order valence-electron chi connectivity index (χ3n) is 9.55. The zero-order chi connectivity index (χ0) is 33.9. The van der Waals surface area contributed by atoms with Gasteiger partial charge in [-0.25, -0.2) is 4.98 Å². The van der Waals surface area contributed by atoms with E-state index in [-0.39, 0.29) is 29.9 Å². The van der Waals surface area contributed by atoms with Gasteiger partial charge in [0.2, 0.25) is 17.7 Å². The summed E-state index contributed by atoms with van der Waals surface area (Å²) in [4.78, 5) is 27.9. The number of hydrogen-bond donors (Lipinski definition) is 4. The number of nitrogens with one attached hydrogen (secondary N) is 4. The highest BCUT2D eigenvalue weighted by molar-refractivity contribution is 6.39. The molecule has 0 bridgehead atoms. The van der Waals surface area contributed by atoms with E-state index < -0.39 is 0 Å². The van der Waals surface area contributed by atoms with Crippen molar-refractivity contribution in [1.82, 2.24) is 26.3 Å². The Morgan fingerprint density at radius 3 is 2.20 bits per heavy atom. The number of fused-ring (bicyclic) bond motifs is 1. The Bertz CT molecular complexity index is 1890. The van der Waals surface area contributed by atoms with Crippen molar-refractivity contribution in [2.75, 3.05) is 26.8 Å². The number of rotatable bonds is 11. The zero-order valence-electron chi connectivity index (χ0n) is 27.3. The topological polar surface area (TPSA) is 114 Å². The quantitative estimate of drug-likeness (QED) is 0.142. The minimum atomic E-state index is 0.103. The van der Waals surface area contributed by atoms with Crippen LogP contribution < -0.4 is 30.7 Å². The molecule has 2 saturated heterocycles. The van der Waals surface area contributed by atoms with E-state index in [4.69, 9.17) is 37.7 Å². The number of hydrogen-bond acceptors (Lipinski definition) is 7. The summed E-state index contributed by atoms with van der Waals surface area (Å²) in [5.41, 5.74) is 6.92. The predicted octanol–water partition coefficient (Wildman–Crippen LogP) is 6.46. The van der Waals surface area contributed by atoms with Gasteiger partial charge < -0.3 is 30.7 Å². The van der Waals surface area contributed by atoms with E-state index in [2.05, 4.69) is 39.5 Å². The van der Waals surface area contributed by atoms with E-state index in [1.54, 1.807) is 7.11 Å². The van der Waals surface area contributed by atoms with Gasteiger partial charge in [0.1, 0.15) is 5.75 Å². The second-order valence-electron chi connectivity index (χ2n) is 12.8. The minimum Gasteiger partial charge on any atom is -0.493 e. The van der Waals surface area contributed by atoms with Gasteiger partial charge in [-0.15, -0.1) is 0 Å². The van der Waals surface area contributed by atoms with E-state index in [9.17, 15) is 9.59 Å². The monoisotopic (exact) mass is 699 g/mol. The van der Waals surface area contributed by atoms with Crippen LogP contribution in [0.25, 0.3) is 33.5 Å². The molecular weight excluding hydrogens is 661 g/mol. The second-order valence-corrected chi connectivity index (χ2v) is 13.5. The summed E-state index contributed by atoms with van der Waals surface area (Å²) < 4.78 is 11.8. The van der Waals surface area contributed by atoms with Crippen molar-refractivity contribution in [2.24, 2.45) is 0 Å². The van der Waals surface area contributed by atoms with Crippen molar-refractivity contribution in [3.8, 4) is 45.1 Å². The summed E-state index contributed by atoms with van der Waals surface area (Å²) >= 11 is 14.3. The van der Waals surface area contributed by atoms with Gasteiger partial charge in [0.05, 0.1) is 29.5 Å². The highest BCUT2D eigenvalue weighted by Gasteiger charge is 2.26. The molecule has 49 heavy (non-hydrogen) atoms. The van der Waals surface area contributed by atoms with Crippen LogP contribution in [-0.4, -0.2) is 55.7 Å². The molecule has 0 saturated carbocycles. The van der Waals surface area contributed by atoms with Crippen LogP contribution >= 0.6 is 23.2 Å². The van der Waals surface area contributed by atoms with Crippen LogP contribution in [-0.2, 0) is 16.1 Å². The fraction of sp³-hybridized carbons (Fsp3) is 0.342. The van der Waals surface area contributed by atoms with Crippen LogP contribution in [0, 0.1) is 0 Å². The van der Waals surface area contributed by atoms with Gasteiger partial charge in [0, 0.05) is 90.4 Å². The van der Waals surface area contributed by atoms with Crippen LogP contribution in [0.3, 0.4) is 0 Å². The number of ether oxygens (including phenoxy) is 2. The van der Waals surface area contributed by atoms with Crippen molar-refractivity contribution >= 4 is 35.0 Å². The van der Waals surface area contributed by atoms with Crippen molar-refractivity contribution < 1.29 is 19.1 Å². The summed E-state index contributed by atoms with van der Waals surface area (Å²) in [5, 5.41) is 14.2. The van der Waals surface area contributed by atoms with Gasteiger partial charge in [0.15, 0.2) is 0 Å². The fourth-order valence-corrected chi connectivity index (χ4v) is 7.59. The molecule has 0 spiro atoms. The van der Waals surface area contributed by atoms with E-state index in [1.165, 1.54) is 0 Å². The molecular formula is C38H39Cl2N5O4. The van der Waals surface area contributed by atoms with Crippen molar-refractivity contribution in [1.29, 1.82) is 0 Å². The second kappa shape index (κ2) is 14.8. The Morgan fingerprint density at radius 1 is 0.837 bits per heavy atom. The fourth-order valence-electron chi connectivity index (χ4n) is 6.93. The number of carbonyl (C=O) groups excluding carboxylic acids is 2. The number of carbonyl (C=O) groups is 2. The Kier molecular flexibility index (Phi) is 10.0. The smallest absolute Gasteiger partial charge is 0.220 e. The van der Waals surface area contributed by atoms with Crippen LogP contribution in [0.5, 0.6) is 11.6 Å². The van der Waals surface area contributed by atoms with Crippen LogP contribution in [0.2, 0.25) is 10.0 Å². The molecule has 2 amide bonds. The average Bonchev–Trinajstić information content (AvgIpc) is 3.74. The lowest BCUT2D eigenvalue weighted by Gasteiger charge is -2.28. The SMILES string of the molecule is COc1nc(-c2cccc(-c3cccc(-c4ccc5c(c4)OCC[C@@H]5NC[C@H]4CCC(=O)N4)c3Cl)c2Cl)ccc1CNC[C@@H]1CCC(=O)N1. The Hall–Kier alpha value is -4.15. The van der Waals surface area contributed by atoms with Gasteiger partial charge in [0.25, 0.3) is 0 Å². The maximum absolute atomic E-state index is 11.6. The normalized spacial score (nSPS) is 20.0. The standard InChI is InChI=1S/C38H39Cl2N5O4/c1-48-38-23(19-41-20-24-10-14-34(46)43-24)9-13-32(45-38)30-7-3-6-28(37(30)40)27-5-2-4-26(36(27)39)22-8-12-29-31(16-17-49-33(29)18-22)42-21-25-11-15-35(47)44-25/h2-9,12-13,18,24-25,31,41-42H,10-11,14-17,19-21H2,1H3,(H,43,46)(H,44,47)/t24-,25+,31-/m0/s1. The molecule has 2 fully saturated rings. The number of methoxy groups -OCH3 is 1. The molecule has 3 aliphatic heterocycles. The molecule has 4 aromatic rings. The number of benzene rings is 3. The minimum absolute atomic E-state index is 0.103. The summed E-state index contributed by atoms with van der Waals surface area (Å²) in [7, 11) is 1.61. The first-order valence-electron chi connectivity index (χ1n) is 16.8. The molecule has 0 radical (unpaired) electrons. The highest BCUT2D eigenvalue weighted by atomic mass is 35.5. The molecule has 254 valence electrons. The molecule has 3 aliphatic rings. The predicted molar refractivity (Wildman–Crippen MR) is 192 cm³/mol. The molecule has 9 nitrogen and oxygen atoms in total. The van der Waals surface area contributed by atoms with E-state index in [1.807, 2.05) is 48.5 Å². The molecule has 7 rings (SSSR count). The number of pyridine rings is 1. The summed E-state index contributed by atoms with van der Waals surface area (Å²) in [5.74, 6) is 1.58. The first-order chi connectivity index (χ1) is 23.9. The van der Waals surface area contributed by atoms with E-state index in [0.29, 0.717) is 54.2 Å². The van der Waals surface area contributed by atoms with Crippen LogP contribution in [0.1, 0.15) is 49.3 Å². The first-order valence-corrected chi connectivity index (χ1v) is 17.5. The lowest BCUT2D eigenvalue weighted by molar-refractivity contribution is -0.120. The van der Waals surface area contributed by atoms with Crippen LogP contribution in [0.4, 0.5) is 0 Å². The van der Waals surface area contributed by atoms with E-state index >= 15 is 0 Å². The zero-order valence-corrected chi connectivity index (χ0v) is 28.8. The molecule has 3 atom stereocenters. The molecule has 4 heterocycles. The van der Waals surface area contributed by atoms with Gasteiger partial charge in [-0.05, 0) is 30.5 Å². The maximum atomic E-state index is 11.6. The summed E-state index contributed by atoms with van der Waals surface area (Å²) in [6.07, 6.45) is 3.73. The first kappa shape index (κ1) is 33.4. The summed E-state index contributed by atoms with van der Waals surface area (Å²) in [6, 6.07) is 22.5. The third kappa shape index (κ3) is 7.26. The van der Waals surface area contributed by atoms with E-state index in [0.717, 1.165) is 70.5 Å². The highest BCUT2D eigenvalue weighted by Crippen LogP contribution is 2.44. The Morgan fingerprint density at radius 2 is 1.51 bits per heavy atom. The third-order valence-corrected chi connectivity index (χ3v) is 10.4. The van der Waals surface area contributed by atoms with Crippen molar-refractivity contribution in [3.05, 3.63) is 87.9 Å². The van der Waals surface area contributed by atoms with Gasteiger partial charge in [-0.2, -0.15) is 0 Å². The number of amides is 2.